The molecule has 22 heavy (non-hydrogen) atoms. The number of nitro benzene ring substituents is 1. The number of carbonyl (C=O) groups excluding carboxylic acids is 1. The van der Waals surface area contributed by atoms with Crippen molar-refractivity contribution in [1.82, 2.24) is 10.3 Å². The molecule has 0 aliphatic carbocycles. The minimum Gasteiger partial charge on any atom is -0.396 e. The predicted octanol–water partition coefficient (Wildman–Crippen LogP) is 2.22. The smallest absolute Gasteiger partial charge is 0.270 e. The van der Waals surface area contributed by atoms with Gasteiger partial charge in [-0.2, -0.15) is 0 Å². The van der Waals surface area contributed by atoms with E-state index >= 15 is 0 Å². The van der Waals surface area contributed by atoms with Gasteiger partial charge in [0.1, 0.15) is 10.7 Å². The van der Waals surface area contributed by atoms with Gasteiger partial charge in [0.15, 0.2) is 0 Å². The van der Waals surface area contributed by atoms with Crippen molar-refractivity contribution in [1.29, 1.82) is 0 Å². The number of benzene rings is 1. The summed E-state index contributed by atoms with van der Waals surface area (Å²) in [5.41, 5.74) is 1.03. The average molecular weight is 321 g/mol. The molecule has 0 aliphatic heterocycles. The summed E-state index contributed by atoms with van der Waals surface area (Å²) in [5, 5.41) is 24.4. The van der Waals surface area contributed by atoms with E-state index in [0.717, 1.165) is 5.56 Å². The number of nitrogens with zero attached hydrogens (tertiary/aromatic N) is 2. The van der Waals surface area contributed by atoms with Crippen LogP contribution in [0.5, 0.6) is 0 Å². The lowest BCUT2D eigenvalue weighted by Crippen LogP contribution is -2.33. The topological polar surface area (TPSA) is 105 Å². The Morgan fingerprint density at radius 2 is 2.14 bits per heavy atom. The van der Waals surface area contributed by atoms with E-state index in [1.54, 1.807) is 24.4 Å². The van der Waals surface area contributed by atoms with Crippen LogP contribution < -0.4 is 5.32 Å². The van der Waals surface area contributed by atoms with Gasteiger partial charge in [-0.15, -0.1) is 11.3 Å². The zero-order valence-corrected chi connectivity index (χ0v) is 12.7. The van der Waals surface area contributed by atoms with E-state index in [1.165, 1.54) is 23.5 Å². The standard InChI is InChI=1S/C14H15N3O4S/c1-9(6-7-18)15-13(19)12-8-22-14(16-12)10-2-4-11(5-3-10)17(20)21/h2-5,8-9,18H,6-7H2,1H3,(H,15,19)/t9-/m1/s1. The van der Waals surface area contributed by atoms with Crippen molar-refractivity contribution in [2.24, 2.45) is 0 Å². The Labute approximate surface area is 130 Å². The normalized spacial score (nSPS) is 11.9. The van der Waals surface area contributed by atoms with Gasteiger partial charge in [0.25, 0.3) is 11.6 Å². The first-order valence-electron chi connectivity index (χ1n) is 6.63. The molecule has 116 valence electrons. The van der Waals surface area contributed by atoms with Crippen molar-refractivity contribution in [3.8, 4) is 10.6 Å². The van der Waals surface area contributed by atoms with Crippen LogP contribution in [0.4, 0.5) is 5.69 Å². The maximum atomic E-state index is 12.0. The molecule has 0 unspecified atom stereocenters. The molecule has 1 atom stereocenters. The molecule has 1 heterocycles. The van der Waals surface area contributed by atoms with Crippen LogP contribution in [-0.2, 0) is 0 Å². The Bertz CT molecular complexity index is 669. The molecule has 7 nitrogen and oxygen atoms in total. The third-order valence-corrected chi connectivity index (χ3v) is 3.89. The van der Waals surface area contributed by atoms with E-state index in [9.17, 15) is 14.9 Å². The Morgan fingerprint density at radius 3 is 2.73 bits per heavy atom. The third kappa shape index (κ3) is 3.86. The highest BCUT2D eigenvalue weighted by Gasteiger charge is 2.14. The van der Waals surface area contributed by atoms with Crippen molar-refractivity contribution in [3.05, 3.63) is 45.5 Å². The van der Waals surface area contributed by atoms with Gasteiger partial charge >= 0.3 is 0 Å². The van der Waals surface area contributed by atoms with Crippen LogP contribution >= 0.6 is 11.3 Å². The number of nitro groups is 1. The van der Waals surface area contributed by atoms with Crippen LogP contribution in [0.15, 0.2) is 29.6 Å². The highest BCUT2D eigenvalue weighted by Crippen LogP contribution is 2.25. The van der Waals surface area contributed by atoms with Gasteiger partial charge in [-0.25, -0.2) is 4.98 Å². The molecule has 0 radical (unpaired) electrons. The van der Waals surface area contributed by atoms with Crippen molar-refractivity contribution in [2.75, 3.05) is 6.61 Å². The zero-order chi connectivity index (χ0) is 16.1. The number of carbonyl (C=O) groups is 1. The van der Waals surface area contributed by atoms with Gasteiger partial charge in [0, 0.05) is 35.7 Å². The highest BCUT2D eigenvalue weighted by molar-refractivity contribution is 7.13. The fraction of sp³-hybridized carbons (Fsp3) is 0.286. The van der Waals surface area contributed by atoms with Crippen LogP contribution in [0, 0.1) is 10.1 Å². The number of aliphatic hydroxyl groups excluding tert-OH is 1. The molecule has 0 saturated carbocycles. The Kier molecular flexibility index (Phi) is 5.18. The summed E-state index contributed by atoms with van der Waals surface area (Å²) in [6.45, 7) is 1.81. The maximum absolute atomic E-state index is 12.0. The highest BCUT2D eigenvalue weighted by atomic mass is 32.1. The largest absolute Gasteiger partial charge is 0.396 e. The first-order valence-corrected chi connectivity index (χ1v) is 7.51. The average Bonchev–Trinajstić information content (AvgIpc) is 2.97. The quantitative estimate of drug-likeness (QED) is 0.627. The first-order chi connectivity index (χ1) is 10.5. The van der Waals surface area contributed by atoms with E-state index in [2.05, 4.69) is 10.3 Å². The van der Waals surface area contributed by atoms with Crippen LogP contribution in [0.1, 0.15) is 23.8 Å². The van der Waals surface area contributed by atoms with Crippen LogP contribution in [0.2, 0.25) is 0 Å². The van der Waals surface area contributed by atoms with Gasteiger partial charge in [0.05, 0.1) is 4.92 Å². The van der Waals surface area contributed by atoms with Crippen LogP contribution in [0.3, 0.4) is 0 Å². The molecule has 1 aromatic heterocycles. The maximum Gasteiger partial charge on any atom is 0.270 e. The number of hydrogen-bond donors (Lipinski definition) is 2. The molecule has 1 aromatic carbocycles. The fourth-order valence-electron chi connectivity index (χ4n) is 1.80. The summed E-state index contributed by atoms with van der Waals surface area (Å²) in [6.07, 6.45) is 0.477. The minimum atomic E-state index is -0.465. The molecule has 1 amide bonds. The lowest BCUT2D eigenvalue weighted by atomic mass is 10.2. The van der Waals surface area contributed by atoms with Gasteiger partial charge in [-0.05, 0) is 25.5 Å². The number of non-ortho nitro benzene ring substituents is 1. The fourth-order valence-corrected chi connectivity index (χ4v) is 2.61. The van der Waals surface area contributed by atoms with E-state index < -0.39 is 4.92 Å². The summed E-state index contributed by atoms with van der Waals surface area (Å²) in [4.78, 5) is 26.4. The molecule has 0 saturated heterocycles. The predicted molar refractivity (Wildman–Crippen MR) is 82.8 cm³/mol. The summed E-state index contributed by atoms with van der Waals surface area (Å²) < 4.78 is 0. The van der Waals surface area contributed by atoms with E-state index in [0.29, 0.717) is 17.1 Å². The molecule has 2 N–H and O–H groups in total. The van der Waals surface area contributed by atoms with Gasteiger partial charge in [-0.3, -0.25) is 14.9 Å². The molecule has 0 bridgehead atoms. The number of aliphatic hydroxyl groups is 1. The summed E-state index contributed by atoms with van der Waals surface area (Å²) in [6, 6.07) is 5.88. The molecule has 0 aliphatic rings. The lowest BCUT2D eigenvalue weighted by Gasteiger charge is -2.10. The van der Waals surface area contributed by atoms with Crippen molar-refractivity contribution < 1.29 is 14.8 Å². The van der Waals surface area contributed by atoms with E-state index in [1.807, 2.05) is 0 Å². The number of nitrogens with one attached hydrogen (secondary N) is 1. The molecular formula is C14H15N3O4S. The Hall–Kier alpha value is -2.32. The summed E-state index contributed by atoms with van der Waals surface area (Å²) in [7, 11) is 0. The molecule has 0 fully saturated rings. The van der Waals surface area contributed by atoms with Gasteiger partial charge in [0.2, 0.25) is 0 Å². The molecule has 8 heteroatoms. The Morgan fingerprint density at radius 1 is 1.45 bits per heavy atom. The monoisotopic (exact) mass is 321 g/mol. The number of amides is 1. The second kappa shape index (κ2) is 7.10. The van der Waals surface area contributed by atoms with Crippen molar-refractivity contribution in [2.45, 2.75) is 19.4 Å². The molecule has 0 spiro atoms. The number of thiazole rings is 1. The van der Waals surface area contributed by atoms with Crippen molar-refractivity contribution in [3.63, 3.8) is 0 Å². The van der Waals surface area contributed by atoms with Crippen molar-refractivity contribution >= 4 is 22.9 Å². The number of rotatable bonds is 6. The van der Waals surface area contributed by atoms with Gasteiger partial charge < -0.3 is 10.4 Å². The molecular weight excluding hydrogens is 306 g/mol. The van der Waals surface area contributed by atoms with Crippen LogP contribution in [-0.4, -0.2) is 33.6 Å². The number of aromatic nitrogens is 1. The molecule has 2 rings (SSSR count). The Balaban J connectivity index is 2.10. The number of hydrogen-bond acceptors (Lipinski definition) is 6. The van der Waals surface area contributed by atoms with Crippen LogP contribution in [0.25, 0.3) is 10.6 Å². The molecule has 2 aromatic rings. The third-order valence-electron chi connectivity index (χ3n) is 3.00. The summed E-state index contributed by atoms with van der Waals surface area (Å²) in [5.74, 6) is -0.301. The SMILES string of the molecule is C[C@H](CCO)NC(=O)c1csc(-c2ccc([N+](=O)[O-])cc2)n1. The zero-order valence-electron chi connectivity index (χ0n) is 11.9. The first kappa shape index (κ1) is 16.1. The van der Waals surface area contributed by atoms with E-state index in [4.69, 9.17) is 5.11 Å². The second-order valence-electron chi connectivity index (χ2n) is 4.73. The van der Waals surface area contributed by atoms with Gasteiger partial charge in [-0.1, -0.05) is 0 Å². The van der Waals surface area contributed by atoms with E-state index in [-0.39, 0.29) is 24.2 Å². The second-order valence-corrected chi connectivity index (χ2v) is 5.59. The summed E-state index contributed by atoms with van der Waals surface area (Å²) >= 11 is 1.29. The minimum absolute atomic E-state index is 0.00651. The lowest BCUT2D eigenvalue weighted by molar-refractivity contribution is -0.384.